The number of ether oxygens (including phenoxy) is 4. The van der Waals surface area contributed by atoms with E-state index in [0.29, 0.717) is 46.5 Å². The highest BCUT2D eigenvalue weighted by atomic mass is 31.3. The smallest absolute Gasteiger partial charge is 0.486 e. The van der Waals surface area contributed by atoms with Crippen molar-refractivity contribution < 1.29 is 70.5 Å². The predicted molar refractivity (Wildman–Crippen MR) is 164 cm³/mol. The van der Waals surface area contributed by atoms with Crippen LogP contribution < -0.4 is 19.9 Å². The van der Waals surface area contributed by atoms with Crippen LogP contribution in [0.1, 0.15) is 6.23 Å². The largest absolute Gasteiger partial charge is 0.490 e. The predicted octanol–water partition coefficient (Wildman–Crippen LogP) is 1.93. The van der Waals surface area contributed by atoms with E-state index in [1.807, 2.05) is 0 Å². The van der Waals surface area contributed by atoms with Crippen molar-refractivity contribution in [1.82, 2.24) is 24.5 Å². The van der Waals surface area contributed by atoms with Gasteiger partial charge in [-0.2, -0.15) is 8.62 Å². The SMILES string of the molecule is Nc1ncnc2c1ncn2[C@@H]1O[C@H](COP(=O)(O)OP(=O)(O)OP(=O)(O)O)[C@@H](Oc2c3ccccc3nc3cc4c(cc23)OCCO4)[C@H]1O. The average Bonchev–Trinajstić information content (AvgIpc) is 3.58. The molecule has 0 spiro atoms. The summed E-state index contributed by atoms with van der Waals surface area (Å²) < 4.78 is 73.5. The lowest BCUT2D eigenvalue weighted by atomic mass is 10.1. The Morgan fingerprint density at radius 3 is 2.41 bits per heavy atom. The number of hydrogen-bond acceptors (Lipinski definition) is 16. The zero-order valence-corrected chi connectivity index (χ0v) is 27.2. The Kier molecular flexibility index (Phi) is 8.59. The molecule has 21 nitrogen and oxygen atoms in total. The van der Waals surface area contributed by atoms with Gasteiger partial charge in [-0.05, 0) is 18.2 Å². The van der Waals surface area contributed by atoms with E-state index in [1.54, 1.807) is 36.4 Å². The fourth-order valence-electron chi connectivity index (χ4n) is 5.41. The van der Waals surface area contributed by atoms with Gasteiger partial charge in [0.2, 0.25) is 0 Å². The van der Waals surface area contributed by atoms with Crippen LogP contribution in [0, 0.1) is 0 Å². The van der Waals surface area contributed by atoms with Crippen LogP contribution >= 0.6 is 23.5 Å². The van der Waals surface area contributed by atoms with Gasteiger partial charge in [-0.1, -0.05) is 12.1 Å². The van der Waals surface area contributed by atoms with Crippen LogP contribution in [0.2, 0.25) is 0 Å². The Morgan fingerprint density at radius 2 is 1.65 bits per heavy atom. The zero-order valence-electron chi connectivity index (χ0n) is 24.5. The molecule has 5 aromatic rings. The summed E-state index contributed by atoms with van der Waals surface area (Å²) >= 11 is 0. The van der Waals surface area contributed by atoms with Gasteiger partial charge in [-0.25, -0.2) is 33.6 Å². The summed E-state index contributed by atoms with van der Waals surface area (Å²) in [4.78, 5) is 54.4. The van der Waals surface area contributed by atoms with Gasteiger partial charge in [0.25, 0.3) is 0 Å². The molecule has 2 aliphatic rings. The number of phosphoric acid groups is 3. The van der Waals surface area contributed by atoms with Gasteiger partial charge in [0.1, 0.15) is 43.0 Å². The fraction of sp³-hybridized carbons (Fsp3) is 0.280. The molecule has 49 heavy (non-hydrogen) atoms. The van der Waals surface area contributed by atoms with Crippen LogP contribution in [-0.4, -0.2) is 87.3 Å². The number of pyridine rings is 1. The van der Waals surface area contributed by atoms with Crippen LogP contribution in [-0.2, 0) is 31.6 Å². The molecule has 7 rings (SSSR count). The number of aromatic nitrogens is 5. The topological polar surface area (TPSA) is 299 Å². The summed E-state index contributed by atoms with van der Waals surface area (Å²) in [5, 5.41) is 12.7. The molecule has 0 saturated carbocycles. The molecule has 0 radical (unpaired) electrons. The van der Waals surface area contributed by atoms with Gasteiger partial charge in [0, 0.05) is 16.8 Å². The minimum Gasteiger partial charge on any atom is -0.486 e. The van der Waals surface area contributed by atoms with E-state index in [4.69, 9.17) is 44.0 Å². The lowest BCUT2D eigenvalue weighted by Crippen LogP contribution is -2.39. The van der Waals surface area contributed by atoms with Gasteiger partial charge >= 0.3 is 23.5 Å². The van der Waals surface area contributed by atoms with Crippen molar-refractivity contribution in [2.45, 2.75) is 24.5 Å². The summed E-state index contributed by atoms with van der Waals surface area (Å²) in [5.41, 5.74) is 7.22. The Bertz CT molecular complexity index is 2230. The number of nitrogens with zero attached hydrogens (tertiary/aromatic N) is 5. The van der Waals surface area contributed by atoms with Crippen molar-refractivity contribution in [1.29, 1.82) is 0 Å². The van der Waals surface area contributed by atoms with E-state index < -0.39 is 54.6 Å². The highest BCUT2D eigenvalue weighted by molar-refractivity contribution is 7.66. The average molecular weight is 742 g/mol. The minimum atomic E-state index is -5.82. The van der Waals surface area contributed by atoms with Crippen molar-refractivity contribution in [2.24, 2.45) is 0 Å². The fourth-order valence-corrected chi connectivity index (χ4v) is 8.44. The quantitative estimate of drug-likeness (QED) is 0.0879. The first-order valence-corrected chi connectivity index (χ1v) is 18.5. The van der Waals surface area contributed by atoms with Crippen LogP contribution in [0.4, 0.5) is 5.82 Å². The van der Waals surface area contributed by atoms with E-state index in [-0.39, 0.29) is 22.7 Å². The van der Waals surface area contributed by atoms with Gasteiger partial charge in [0.15, 0.2) is 35.3 Å². The maximum atomic E-state index is 12.6. The lowest BCUT2D eigenvalue weighted by Gasteiger charge is -2.25. The Hall–Kier alpha value is -3.81. The molecule has 0 aliphatic carbocycles. The molecular weight excluding hydrogens is 717 g/mol. The van der Waals surface area contributed by atoms with Crippen LogP contribution in [0.3, 0.4) is 0 Å². The summed E-state index contributed by atoms with van der Waals surface area (Å²) in [7, 11) is -17.0. The lowest BCUT2D eigenvalue weighted by molar-refractivity contribution is -0.0496. The van der Waals surface area contributed by atoms with Crippen molar-refractivity contribution in [3.8, 4) is 17.2 Å². The number of nitrogens with two attached hydrogens (primary N) is 1. The molecule has 7 N–H and O–H groups in total. The van der Waals surface area contributed by atoms with Gasteiger partial charge in [-0.3, -0.25) is 9.09 Å². The van der Waals surface area contributed by atoms with Crippen molar-refractivity contribution in [3.05, 3.63) is 49.1 Å². The maximum Gasteiger partial charge on any atom is 0.490 e. The number of para-hydroxylation sites is 1. The Morgan fingerprint density at radius 1 is 0.918 bits per heavy atom. The maximum absolute atomic E-state index is 12.6. The molecule has 0 amide bonds. The van der Waals surface area contributed by atoms with Crippen molar-refractivity contribution in [3.63, 3.8) is 0 Å². The number of rotatable bonds is 10. The number of aliphatic hydroxyl groups is 1. The van der Waals surface area contributed by atoms with E-state index >= 15 is 0 Å². The molecule has 1 saturated heterocycles. The number of anilines is 1. The number of hydrogen-bond donors (Lipinski definition) is 6. The van der Waals surface area contributed by atoms with Crippen LogP contribution in [0.25, 0.3) is 33.0 Å². The van der Waals surface area contributed by atoms with Gasteiger partial charge in [-0.15, -0.1) is 0 Å². The third-order valence-electron chi connectivity index (χ3n) is 7.34. The molecule has 0 bridgehead atoms. The Labute approximate surface area is 273 Å². The molecule has 1 fully saturated rings. The summed E-state index contributed by atoms with van der Waals surface area (Å²) in [5.74, 6) is 1.11. The molecular formula is C25H25N6O15P3. The van der Waals surface area contributed by atoms with Gasteiger partial charge < -0.3 is 49.4 Å². The number of fused-ring (bicyclic) bond motifs is 4. The minimum absolute atomic E-state index is 0.0394. The van der Waals surface area contributed by atoms with E-state index in [1.165, 1.54) is 17.2 Å². The normalized spacial score (nSPS) is 23.4. The van der Waals surface area contributed by atoms with E-state index in [2.05, 4.69) is 23.6 Å². The van der Waals surface area contributed by atoms with E-state index in [9.17, 15) is 28.6 Å². The Balaban J connectivity index is 1.27. The number of aliphatic hydroxyl groups excluding tert-OH is 1. The van der Waals surface area contributed by atoms with Crippen molar-refractivity contribution in [2.75, 3.05) is 25.6 Å². The molecule has 3 aromatic heterocycles. The molecule has 2 aliphatic heterocycles. The second kappa shape index (κ2) is 12.5. The molecule has 2 unspecified atom stereocenters. The summed E-state index contributed by atoms with van der Waals surface area (Å²) in [6.45, 7) is -0.319. The molecule has 2 aromatic carbocycles. The second-order valence-electron chi connectivity index (χ2n) is 10.6. The zero-order chi connectivity index (χ0) is 34.7. The first kappa shape index (κ1) is 33.7. The summed E-state index contributed by atoms with van der Waals surface area (Å²) in [6, 6.07) is 10.3. The van der Waals surface area contributed by atoms with Gasteiger partial charge in [0.05, 0.1) is 24.0 Å². The first-order valence-electron chi connectivity index (χ1n) is 14.0. The third kappa shape index (κ3) is 6.85. The number of benzene rings is 2. The highest BCUT2D eigenvalue weighted by Crippen LogP contribution is 2.66. The summed E-state index contributed by atoms with van der Waals surface area (Å²) in [6.07, 6.45) is -3.34. The second-order valence-corrected chi connectivity index (χ2v) is 15.0. The highest BCUT2D eigenvalue weighted by Gasteiger charge is 2.49. The number of imidazole rings is 1. The van der Waals surface area contributed by atoms with E-state index in [0.717, 1.165) is 0 Å². The molecule has 24 heteroatoms. The third-order valence-corrected chi connectivity index (χ3v) is 11.1. The van der Waals surface area contributed by atoms with Crippen LogP contribution in [0.15, 0.2) is 49.1 Å². The standard InChI is InChI=1S/C25H25N6O15P3/c26-23-19-24(28-10-27-23)31(11-29-19)25-20(32)22(18(43-25)9-42-48(36,37)46-49(38,39)45-47(33,34)35)44-21-12-3-1-2-4-14(12)30-15-8-17-16(7-13(15)21)40-5-6-41-17/h1-4,7-8,10-11,18,20,22,25,32H,5-6,9H2,(H,36,37)(H,38,39)(H2,26,27,28)(H2,33,34,35)/t18-,20-,22-,25-/m1/s1. The van der Waals surface area contributed by atoms with Crippen molar-refractivity contribution >= 4 is 62.3 Å². The molecule has 260 valence electrons. The number of nitrogen functional groups attached to an aromatic ring is 1. The van der Waals surface area contributed by atoms with Crippen LogP contribution in [0.5, 0.6) is 17.2 Å². The first-order chi connectivity index (χ1) is 23.2. The monoisotopic (exact) mass is 742 g/mol. The molecule has 6 atom stereocenters. The molecule has 5 heterocycles. The number of phosphoric ester groups is 1.